The maximum absolute atomic E-state index is 12.3. The molecule has 0 saturated carbocycles. The molecule has 1 saturated heterocycles. The van der Waals surface area contributed by atoms with Crippen LogP contribution in [0.5, 0.6) is 0 Å². The van der Waals surface area contributed by atoms with Crippen molar-refractivity contribution in [2.24, 2.45) is 11.8 Å². The third-order valence-corrected chi connectivity index (χ3v) is 4.58. The number of hydrogen-bond acceptors (Lipinski definition) is 3. The van der Waals surface area contributed by atoms with Gasteiger partial charge < -0.3 is 9.80 Å². The molecule has 0 bridgehead atoms. The summed E-state index contributed by atoms with van der Waals surface area (Å²) in [6.07, 6.45) is 3.16. The van der Waals surface area contributed by atoms with Crippen LogP contribution in [0, 0.1) is 11.8 Å². The van der Waals surface area contributed by atoms with Gasteiger partial charge in [-0.15, -0.1) is 0 Å². The smallest absolute Gasteiger partial charge is 0.226 e. The van der Waals surface area contributed by atoms with Crippen LogP contribution in [0.3, 0.4) is 0 Å². The van der Waals surface area contributed by atoms with Crippen molar-refractivity contribution in [2.45, 2.75) is 26.3 Å². The van der Waals surface area contributed by atoms with Gasteiger partial charge in [0.1, 0.15) is 0 Å². The first kappa shape index (κ1) is 14.8. The molecule has 0 spiro atoms. The average molecular weight is 258 g/mol. The van der Waals surface area contributed by atoms with Crippen LogP contribution in [0.4, 0.5) is 0 Å². The molecule has 100 valence electrons. The second-order valence-electron chi connectivity index (χ2n) is 5.40. The molecule has 1 heterocycles. The molecule has 0 unspecified atom stereocenters. The maximum atomic E-state index is 12.3. The minimum atomic E-state index is 0.141. The van der Waals surface area contributed by atoms with Gasteiger partial charge in [-0.2, -0.15) is 11.8 Å². The average Bonchev–Trinajstić information content (AvgIpc) is 2.27. The van der Waals surface area contributed by atoms with Crippen molar-refractivity contribution in [1.82, 2.24) is 9.80 Å². The Kier molecular flexibility index (Phi) is 5.80. The molecular weight excluding hydrogens is 232 g/mol. The molecule has 1 rings (SSSR count). The van der Waals surface area contributed by atoms with Gasteiger partial charge in [-0.1, -0.05) is 13.8 Å². The fourth-order valence-corrected chi connectivity index (χ4v) is 3.39. The van der Waals surface area contributed by atoms with E-state index >= 15 is 0 Å². The highest BCUT2D eigenvalue weighted by molar-refractivity contribution is 7.98. The zero-order valence-electron chi connectivity index (χ0n) is 11.8. The number of likely N-dealkylation sites (tertiary alicyclic amines) is 1. The Labute approximate surface area is 110 Å². The van der Waals surface area contributed by atoms with E-state index in [9.17, 15) is 4.79 Å². The summed E-state index contributed by atoms with van der Waals surface area (Å²) in [4.78, 5) is 16.6. The summed E-state index contributed by atoms with van der Waals surface area (Å²) < 4.78 is 0. The lowest BCUT2D eigenvalue weighted by Gasteiger charge is -2.40. The number of amides is 1. The third kappa shape index (κ3) is 3.88. The number of rotatable bonds is 4. The van der Waals surface area contributed by atoms with E-state index in [-0.39, 0.29) is 5.92 Å². The molecule has 1 amide bonds. The van der Waals surface area contributed by atoms with E-state index in [1.807, 2.05) is 18.9 Å². The molecule has 17 heavy (non-hydrogen) atoms. The van der Waals surface area contributed by atoms with Crippen LogP contribution < -0.4 is 0 Å². The monoisotopic (exact) mass is 258 g/mol. The fourth-order valence-electron chi connectivity index (χ4n) is 2.75. The summed E-state index contributed by atoms with van der Waals surface area (Å²) in [6, 6.07) is 0.419. The number of nitrogens with zero attached hydrogens (tertiary/aromatic N) is 2. The zero-order valence-corrected chi connectivity index (χ0v) is 12.6. The van der Waals surface area contributed by atoms with Crippen molar-refractivity contribution in [3.05, 3.63) is 0 Å². The molecule has 0 aromatic heterocycles. The van der Waals surface area contributed by atoms with Gasteiger partial charge in [-0.25, -0.2) is 0 Å². The first-order chi connectivity index (χ1) is 7.97. The second kappa shape index (κ2) is 6.64. The fraction of sp³-hybridized carbons (Fsp3) is 0.923. The summed E-state index contributed by atoms with van der Waals surface area (Å²) >= 11 is 1.75. The molecular formula is C13H26N2OS. The molecule has 0 aromatic carbocycles. The highest BCUT2D eigenvalue weighted by Gasteiger charge is 2.31. The van der Waals surface area contributed by atoms with Crippen molar-refractivity contribution in [3.63, 3.8) is 0 Å². The lowest BCUT2D eigenvalue weighted by molar-refractivity contribution is -0.137. The summed E-state index contributed by atoms with van der Waals surface area (Å²) in [5.74, 6) is 1.94. The van der Waals surface area contributed by atoms with Crippen molar-refractivity contribution in [1.29, 1.82) is 0 Å². The van der Waals surface area contributed by atoms with E-state index in [2.05, 4.69) is 25.1 Å². The highest BCUT2D eigenvalue weighted by atomic mass is 32.2. The molecule has 0 aliphatic carbocycles. The second-order valence-corrected chi connectivity index (χ2v) is 6.31. The predicted octanol–water partition coefficient (Wildman–Crippen LogP) is 1.78. The maximum Gasteiger partial charge on any atom is 0.226 e. The molecule has 1 fully saturated rings. The highest BCUT2D eigenvalue weighted by Crippen LogP contribution is 2.22. The van der Waals surface area contributed by atoms with Crippen molar-refractivity contribution in [3.8, 4) is 0 Å². The van der Waals surface area contributed by atoms with E-state index in [1.54, 1.807) is 11.8 Å². The van der Waals surface area contributed by atoms with Gasteiger partial charge in [0.15, 0.2) is 0 Å². The molecule has 0 N–H and O–H groups in total. The van der Waals surface area contributed by atoms with E-state index in [0.29, 0.717) is 17.9 Å². The van der Waals surface area contributed by atoms with Gasteiger partial charge in [-0.05, 0) is 32.2 Å². The van der Waals surface area contributed by atoms with Crippen LogP contribution in [0.25, 0.3) is 0 Å². The van der Waals surface area contributed by atoms with Crippen LogP contribution >= 0.6 is 11.8 Å². The molecule has 1 aliphatic heterocycles. The van der Waals surface area contributed by atoms with Crippen LogP contribution in [0.15, 0.2) is 0 Å². The Morgan fingerprint density at radius 3 is 2.76 bits per heavy atom. The Morgan fingerprint density at radius 1 is 1.59 bits per heavy atom. The quantitative estimate of drug-likeness (QED) is 0.768. The summed E-state index contributed by atoms with van der Waals surface area (Å²) in [6.45, 7) is 6.49. The minimum absolute atomic E-state index is 0.141. The van der Waals surface area contributed by atoms with Crippen LogP contribution in [0.1, 0.15) is 20.3 Å². The topological polar surface area (TPSA) is 23.6 Å². The number of hydrogen-bond donors (Lipinski definition) is 0. The Balaban J connectivity index is 2.56. The van der Waals surface area contributed by atoms with Gasteiger partial charge in [0, 0.05) is 31.3 Å². The van der Waals surface area contributed by atoms with E-state index in [4.69, 9.17) is 0 Å². The molecule has 3 atom stereocenters. The van der Waals surface area contributed by atoms with Gasteiger partial charge >= 0.3 is 0 Å². The van der Waals surface area contributed by atoms with Gasteiger partial charge in [-0.3, -0.25) is 4.79 Å². The Morgan fingerprint density at radius 2 is 2.24 bits per heavy atom. The van der Waals surface area contributed by atoms with E-state index < -0.39 is 0 Å². The lowest BCUT2D eigenvalue weighted by atomic mass is 9.92. The SMILES string of the molecule is CSC[C@H](C)C(=O)N(C)[C@H]1CCN(C)C[C@@H]1C. The molecule has 0 aromatic rings. The van der Waals surface area contributed by atoms with Crippen LogP contribution in [0.2, 0.25) is 0 Å². The Bertz CT molecular complexity index is 260. The van der Waals surface area contributed by atoms with Gasteiger partial charge in [0.05, 0.1) is 0 Å². The first-order valence-electron chi connectivity index (χ1n) is 6.41. The van der Waals surface area contributed by atoms with Gasteiger partial charge in [0.2, 0.25) is 5.91 Å². The zero-order chi connectivity index (χ0) is 13.0. The first-order valence-corrected chi connectivity index (χ1v) is 7.81. The van der Waals surface area contributed by atoms with E-state index in [0.717, 1.165) is 25.3 Å². The lowest BCUT2D eigenvalue weighted by Crippen LogP contribution is -2.51. The van der Waals surface area contributed by atoms with Crippen LogP contribution in [-0.4, -0.2) is 60.9 Å². The number of piperidine rings is 1. The van der Waals surface area contributed by atoms with Crippen molar-refractivity contribution < 1.29 is 4.79 Å². The summed E-state index contributed by atoms with van der Waals surface area (Å²) in [5, 5.41) is 0. The Hall–Kier alpha value is -0.220. The number of carbonyl (C=O) groups excluding carboxylic acids is 1. The molecule has 0 radical (unpaired) electrons. The van der Waals surface area contributed by atoms with E-state index in [1.165, 1.54) is 0 Å². The van der Waals surface area contributed by atoms with Crippen molar-refractivity contribution >= 4 is 17.7 Å². The summed E-state index contributed by atoms with van der Waals surface area (Å²) in [7, 11) is 4.14. The predicted molar refractivity (Wildman–Crippen MR) is 75.4 cm³/mol. The molecule has 3 nitrogen and oxygen atoms in total. The van der Waals surface area contributed by atoms with Crippen molar-refractivity contribution in [2.75, 3.05) is 39.2 Å². The van der Waals surface area contributed by atoms with Crippen LogP contribution in [-0.2, 0) is 4.79 Å². The summed E-state index contributed by atoms with van der Waals surface area (Å²) in [5.41, 5.74) is 0. The number of thioether (sulfide) groups is 1. The standard InChI is InChI=1S/C13H26N2OS/c1-10-8-14(3)7-6-12(10)15(4)13(16)11(2)9-17-5/h10-12H,6-9H2,1-5H3/t10-,11-,12-/m0/s1. The number of carbonyl (C=O) groups is 1. The third-order valence-electron chi connectivity index (χ3n) is 3.75. The normalized spacial score (nSPS) is 27.8. The molecule has 1 aliphatic rings. The van der Waals surface area contributed by atoms with Gasteiger partial charge in [0.25, 0.3) is 0 Å². The largest absolute Gasteiger partial charge is 0.342 e. The minimum Gasteiger partial charge on any atom is -0.342 e. The molecule has 4 heteroatoms.